The molecule has 0 radical (unpaired) electrons. The number of nitrogens with one attached hydrogen (secondary N) is 1. The first-order chi connectivity index (χ1) is 12.8. The molecule has 1 heterocycles. The molecule has 1 aliphatic heterocycles. The maximum Gasteiger partial charge on any atom is 0.322 e. The van der Waals surface area contributed by atoms with Crippen LogP contribution < -0.4 is 11.1 Å². The number of amides is 1. The lowest BCUT2D eigenvalue weighted by Gasteiger charge is -2.35. The van der Waals surface area contributed by atoms with Gasteiger partial charge in [0, 0.05) is 18.9 Å². The summed E-state index contributed by atoms with van der Waals surface area (Å²) in [6.45, 7) is 4.57. The lowest BCUT2D eigenvalue weighted by atomic mass is 9.70. The van der Waals surface area contributed by atoms with Crippen LogP contribution in [0.15, 0.2) is 0 Å². The van der Waals surface area contributed by atoms with Gasteiger partial charge >= 0.3 is 5.97 Å². The van der Waals surface area contributed by atoms with Crippen LogP contribution in [0.2, 0.25) is 0 Å². The van der Waals surface area contributed by atoms with Gasteiger partial charge in [-0.15, -0.1) is 0 Å². The molecule has 9 nitrogen and oxygen atoms in total. The second kappa shape index (κ2) is 8.08. The third-order valence-electron chi connectivity index (χ3n) is 6.77. The highest BCUT2D eigenvalue weighted by molar-refractivity contribution is 7.85. The number of carbonyl (C=O) groups is 3. The Hall–Kier alpha value is -1.52. The fourth-order valence-electron chi connectivity index (χ4n) is 4.84. The van der Waals surface area contributed by atoms with E-state index in [1.807, 2.05) is 13.8 Å². The van der Waals surface area contributed by atoms with Gasteiger partial charge < -0.3 is 15.8 Å². The van der Waals surface area contributed by atoms with Crippen LogP contribution in [-0.4, -0.2) is 56.1 Å². The highest BCUT2D eigenvalue weighted by atomic mass is 32.2. The van der Waals surface area contributed by atoms with Gasteiger partial charge in [-0.1, -0.05) is 13.8 Å². The number of nitrogens with two attached hydrogens (primary N) is 1. The van der Waals surface area contributed by atoms with Gasteiger partial charge in [0.1, 0.15) is 11.8 Å². The van der Waals surface area contributed by atoms with Gasteiger partial charge in [-0.2, -0.15) is 8.42 Å². The van der Waals surface area contributed by atoms with Crippen LogP contribution >= 0.6 is 0 Å². The SMILES string of the molecule is CC1(C)C2CC[C@]1(CS(=O)(=O)O)C(=O)C2.COC(=O)[C@@H](N)C[C@@H]1CCNC1=O. The minimum absolute atomic E-state index is 0.0145. The predicted octanol–water partition coefficient (Wildman–Crippen LogP) is 0.283. The molecule has 3 aliphatic rings. The molecule has 0 spiro atoms. The molecule has 1 unspecified atom stereocenters. The summed E-state index contributed by atoms with van der Waals surface area (Å²) in [6, 6.07) is -0.682. The van der Waals surface area contributed by atoms with Gasteiger partial charge in [0.05, 0.1) is 18.3 Å². The Kier molecular flexibility index (Phi) is 6.57. The summed E-state index contributed by atoms with van der Waals surface area (Å²) >= 11 is 0. The van der Waals surface area contributed by atoms with Crippen molar-refractivity contribution in [3.05, 3.63) is 0 Å². The quantitative estimate of drug-likeness (QED) is 0.425. The van der Waals surface area contributed by atoms with E-state index in [4.69, 9.17) is 10.3 Å². The van der Waals surface area contributed by atoms with E-state index in [9.17, 15) is 22.8 Å². The molecule has 10 heteroatoms. The van der Waals surface area contributed by atoms with Gasteiger partial charge in [0.2, 0.25) is 5.91 Å². The van der Waals surface area contributed by atoms with Crippen LogP contribution in [0.5, 0.6) is 0 Å². The van der Waals surface area contributed by atoms with Crippen molar-refractivity contribution >= 4 is 27.8 Å². The third kappa shape index (κ3) is 4.38. The van der Waals surface area contributed by atoms with Crippen molar-refractivity contribution < 1.29 is 32.1 Å². The van der Waals surface area contributed by atoms with E-state index in [2.05, 4.69) is 10.1 Å². The zero-order chi connectivity index (χ0) is 21.3. The van der Waals surface area contributed by atoms with Crippen LogP contribution in [0.4, 0.5) is 0 Å². The molecular weight excluding hydrogens is 388 g/mol. The highest BCUT2D eigenvalue weighted by Crippen LogP contribution is 2.64. The fourth-order valence-corrected chi connectivity index (χ4v) is 6.14. The number of carbonyl (C=O) groups excluding carboxylic acids is 3. The second-order valence-electron chi connectivity index (χ2n) is 8.53. The Bertz CT molecular complexity index is 749. The summed E-state index contributed by atoms with van der Waals surface area (Å²) in [7, 11) is -2.79. The Labute approximate surface area is 165 Å². The van der Waals surface area contributed by atoms with Gasteiger partial charge in [-0.05, 0) is 37.0 Å². The van der Waals surface area contributed by atoms with E-state index in [0.29, 0.717) is 25.8 Å². The van der Waals surface area contributed by atoms with Crippen LogP contribution in [0.3, 0.4) is 0 Å². The highest BCUT2D eigenvalue weighted by Gasteiger charge is 2.65. The van der Waals surface area contributed by atoms with Gasteiger partial charge in [0.15, 0.2) is 0 Å². The first-order valence-electron chi connectivity index (χ1n) is 9.43. The topological polar surface area (TPSA) is 153 Å². The maximum atomic E-state index is 11.9. The number of hydrogen-bond donors (Lipinski definition) is 3. The molecule has 0 aromatic carbocycles. The minimum Gasteiger partial charge on any atom is -0.468 e. The zero-order valence-electron chi connectivity index (χ0n) is 16.6. The van der Waals surface area contributed by atoms with Crippen LogP contribution in [0.25, 0.3) is 0 Å². The van der Waals surface area contributed by atoms with Gasteiger partial charge in [0.25, 0.3) is 10.1 Å². The van der Waals surface area contributed by atoms with Crippen LogP contribution in [-0.2, 0) is 29.2 Å². The molecule has 1 amide bonds. The van der Waals surface area contributed by atoms with Crippen molar-refractivity contribution in [2.45, 2.75) is 52.0 Å². The molecule has 2 bridgehead atoms. The van der Waals surface area contributed by atoms with Gasteiger partial charge in [-0.25, -0.2) is 0 Å². The van der Waals surface area contributed by atoms with Crippen molar-refractivity contribution in [1.82, 2.24) is 5.32 Å². The smallest absolute Gasteiger partial charge is 0.322 e. The molecule has 160 valence electrons. The molecule has 2 saturated carbocycles. The summed E-state index contributed by atoms with van der Waals surface area (Å²) < 4.78 is 35.4. The lowest BCUT2D eigenvalue weighted by molar-refractivity contribution is -0.142. The molecule has 1 saturated heterocycles. The Morgan fingerprint density at radius 3 is 2.39 bits per heavy atom. The average molecular weight is 419 g/mol. The summed E-state index contributed by atoms with van der Waals surface area (Å²) in [5.74, 6) is -0.705. The zero-order valence-corrected chi connectivity index (χ0v) is 17.4. The number of fused-ring (bicyclic) bond motifs is 2. The van der Waals surface area contributed by atoms with E-state index < -0.39 is 33.3 Å². The number of esters is 1. The number of ether oxygens (including phenoxy) is 1. The average Bonchev–Trinajstić information content (AvgIpc) is 3.14. The first-order valence-corrected chi connectivity index (χ1v) is 11.0. The van der Waals surface area contributed by atoms with E-state index in [1.165, 1.54) is 7.11 Å². The number of rotatable bonds is 5. The van der Waals surface area contributed by atoms with E-state index >= 15 is 0 Å². The monoisotopic (exact) mass is 418 g/mol. The molecule has 2 aliphatic carbocycles. The largest absolute Gasteiger partial charge is 0.468 e. The van der Waals surface area contributed by atoms with Crippen molar-refractivity contribution in [3.63, 3.8) is 0 Å². The fraction of sp³-hybridized carbons (Fsp3) is 0.833. The predicted molar refractivity (Wildman–Crippen MR) is 101 cm³/mol. The van der Waals surface area contributed by atoms with Crippen molar-refractivity contribution in [2.75, 3.05) is 19.4 Å². The molecule has 0 aromatic heterocycles. The summed E-state index contributed by atoms with van der Waals surface area (Å²) in [6.07, 6.45) is 3.10. The summed E-state index contributed by atoms with van der Waals surface area (Å²) in [5.41, 5.74) is 4.40. The normalized spacial score (nSPS) is 31.8. The maximum absolute atomic E-state index is 11.9. The van der Waals surface area contributed by atoms with Crippen molar-refractivity contribution in [1.29, 1.82) is 0 Å². The summed E-state index contributed by atoms with van der Waals surface area (Å²) in [5, 5.41) is 2.69. The minimum atomic E-state index is -4.08. The second-order valence-corrected chi connectivity index (χ2v) is 9.99. The Morgan fingerprint density at radius 2 is 2.00 bits per heavy atom. The van der Waals surface area contributed by atoms with Gasteiger partial charge in [-0.3, -0.25) is 18.9 Å². The first kappa shape index (κ1) is 22.8. The van der Waals surface area contributed by atoms with E-state index in [-0.39, 0.29) is 28.9 Å². The molecule has 3 fully saturated rings. The van der Waals surface area contributed by atoms with Crippen LogP contribution in [0.1, 0.15) is 46.0 Å². The third-order valence-corrected chi connectivity index (χ3v) is 7.63. The number of hydrogen-bond acceptors (Lipinski definition) is 7. The van der Waals surface area contributed by atoms with Crippen molar-refractivity contribution in [2.24, 2.45) is 28.4 Å². The number of ketones is 1. The standard InChI is InChI=1S/C10H16O4S.C8H14N2O3/c1-9(2)7-3-4-10(9,8(11)5-7)6-15(12,13)14;1-13-8(12)6(9)4-5-2-3-10-7(5)11/h7H,3-6H2,1-2H3,(H,12,13,14);5-6H,2-4,9H2,1H3,(H,10,11)/t7?,10-;5-,6-/m00/s1. The number of methoxy groups -OCH3 is 1. The molecule has 4 N–H and O–H groups in total. The summed E-state index contributed by atoms with van der Waals surface area (Å²) in [4.78, 5) is 33.9. The van der Waals surface area contributed by atoms with E-state index in [1.54, 1.807) is 0 Å². The number of Topliss-reactive ketones (excluding diaryl/α,β-unsaturated/α-hetero) is 1. The lowest BCUT2D eigenvalue weighted by Crippen LogP contribution is -2.42. The Morgan fingerprint density at radius 1 is 1.36 bits per heavy atom. The molecule has 3 rings (SSSR count). The van der Waals surface area contributed by atoms with Crippen LogP contribution in [0, 0.1) is 22.7 Å². The molecule has 0 aromatic rings. The molecular formula is C18H30N2O7S. The van der Waals surface area contributed by atoms with Crippen molar-refractivity contribution in [3.8, 4) is 0 Å². The molecule has 28 heavy (non-hydrogen) atoms. The Balaban J connectivity index is 0.000000203. The van der Waals surface area contributed by atoms with E-state index in [0.717, 1.165) is 12.8 Å². The molecule has 4 atom stereocenters.